The second-order valence-electron chi connectivity index (χ2n) is 7.92. The first-order chi connectivity index (χ1) is 16.9. The first kappa shape index (κ1) is 26.5. The number of carbonyl (C=O) groups is 5. The first-order valence-corrected chi connectivity index (χ1v) is 10.8. The van der Waals surface area contributed by atoms with Gasteiger partial charge in [0, 0.05) is 38.6 Å². The summed E-state index contributed by atoms with van der Waals surface area (Å²) in [6.45, 7) is 4.13. The van der Waals surface area contributed by atoms with Crippen LogP contribution in [0.4, 0.5) is 0 Å². The molecule has 2 N–H and O–H groups in total. The molecule has 13 heteroatoms. The molecule has 5 atom stereocenters. The number of hydrogen-bond donors (Lipinski definition) is 2. The summed E-state index contributed by atoms with van der Waals surface area (Å²) in [6.07, 6.45) is -6.63. The fraction of sp³-hybridized carbons (Fsp3) is 0.435. The Morgan fingerprint density at radius 1 is 0.861 bits per heavy atom. The number of esters is 4. The van der Waals surface area contributed by atoms with Gasteiger partial charge in [-0.2, -0.15) is 0 Å². The van der Waals surface area contributed by atoms with Crippen LogP contribution in [0.5, 0.6) is 5.75 Å². The molecule has 2 heterocycles. The highest BCUT2D eigenvalue weighted by molar-refractivity contribution is 5.94. The molecule has 194 valence electrons. The lowest BCUT2D eigenvalue weighted by atomic mass is 9.98. The fourth-order valence-corrected chi connectivity index (χ4v) is 3.72. The normalized spacial score (nSPS) is 23.4. The van der Waals surface area contributed by atoms with Crippen LogP contribution in [-0.2, 0) is 42.9 Å². The average Bonchev–Trinajstić information content (AvgIpc) is 3.19. The van der Waals surface area contributed by atoms with Gasteiger partial charge in [-0.3, -0.25) is 19.2 Å². The van der Waals surface area contributed by atoms with Gasteiger partial charge in [-0.25, -0.2) is 4.79 Å². The van der Waals surface area contributed by atoms with Crippen molar-refractivity contribution in [2.45, 2.75) is 58.4 Å². The average molecular weight is 507 g/mol. The Balaban J connectivity index is 1.99. The third-order valence-electron chi connectivity index (χ3n) is 5.02. The molecule has 36 heavy (non-hydrogen) atoms. The van der Waals surface area contributed by atoms with Crippen molar-refractivity contribution in [3.63, 3.8) is 0 Å². The molecule has 1 aromatic heterocycles. The third-order valence-corrected chi connectivity index (χ3v) is 5.02. The number of hydrogen-bond acceptors (Lipinski definition) is 11. The number of aromatic carboxylic acids is 1. The molecule has 0 unspecified atom stereocenters. The second-order valence-corrected chi connectivity index (χ2v) is 7.92. The van der Waals surface area contributed by atoms with E-state index in [0.29, 0.717) is 10.9 Å². The molecule has 1 aromatic carbocycles. The molecule has 0 saturated carbocycles. The minimum absolute atomic E-state index is 0.0329. The largest absolute Gasteiger partial charge is 0.477 e. The van der Waals surface area contributed by atoms with Crippen molar-refractivity contribution in [3.05, 3.63) is 30.0 Å². The lowest BCUT2D eigenvalue weighted by molar-refractivity contribution is -0.288. The van der Waals surface area contributed by atoms with Crippen LogP contribution in [0.15, 0.2) is 24.3 Å². The van der Waals surface area contributed by atoms with E-state index < -0.39 is 67.2 Å². The van der Waals surface area contributed by atoms with Crippen molar-refractivity contribution in [1.82, 2.24) is 4.98 Å². The number of ether oxygens (including phenoxy) is 6. The number of carbonyl (C=O) groups excluding carboxylic acids is 4. The summed E-state index contributed by atoms with van der Waals surface area (Å²) in [4.78, 5) is 61.0. The van der Waals surface area contributed by atoms with E-state index in [1.54, 1.807) is 6.07 Å². The van der Waals surface area contributed by atoms with E-state index >= 15 is 0 Å². The van der Waals surface area contributed by atoms with Crippen LogP contribution in [0, 0.1) is 0 Å². The highest BCUT2D eigenvalue weighted by atomic mass is 16.7. The molecule has 1 aliphatic heterocycles. The summed E-state index contributed by atoms with van der Waals surface area (Å²) in [5, 5.41) is 9.71. The Kier molecular flexibility index (Phi) is 8.14. The van der Waals surface area contributed by atoms with Crippen molar-refractivity contribution < 1.29 is 57.5 Å². The molecule has 1 aliphatic rings. The summed E-state index contributed by atoms with van der Waals surface area (Å²) >= 11 is 0. The predicted octanol–water partition coefficient (Wildman–Crippen LogP) is 1.33. The van der Waals surface area contributed by atoms with Crippen LogP contribution >= 0.6 is 0 Å². The lowest BCUT2D eigenvalue weighted by Gasteiger charge is -2.43. The highest BCUT2D eigenvalue weighted by Gasteiger charge is 2.53. The zero-order chi connectivity index (χ0) is 26.6. The van der Waals surface area contributed by atoms with Gasteiger partial charge in [-0.1, -0.05) is 0 Å². The number of aromatic amines is 1. The Hall–Kier alpha value is -4.13. The Morgan fingerprint density at radius 3 is 2.06 bits per heavy atom. The van der Waals surface area contributed by atoms with E-state index in [2.05, 4.69) is 4.98 Å². The number of benzene rings is 1. The number of rotatable bonds is 8. The van der Waals surface area contributed by atoms with Crippen LogP contribution in [0.1, 0.15) is 38.2 Å². The highest BCUT2D eigenvalue weighted by Crippen LogP contribution is 2.32. The maximum absolute atomic E-state index is 11.9. The summed E-state index contributed by atoms with van der Waals surface area (Å²) in [5.41, 5.74) is 0.496. The quantitative estimate of drug-likeness (QED) is 0.388. The third kappa shape index (κ3) is 6.50. The van der Waals surface area contributed by atoms with Gasteiger partial charge in [-0.05, 0) is 24.3 Å². The van der Waals surface area contributed by atoms with E-state index in [1.807, 2.05) is 0 Å². The molecule has 2 aromatic rings. The van der Waals surface area contributed by atoms with E-state index in [4.69, 9.17) is 28.4 Å². The van der Waals surface area contributed by atoms with Crippen LogP contribution in [-0.4, -0.2) is 77.2 Å². The molecule has 1 fully saturated rings. The number of fused-ring (bicyclic) bond motifs is 1. The summed E-state index contributed by atoms with van der Waals surface area (Å²) < 4.78 is 32.8. The van der Waals surface area contributed by atoms with Crippen LogP contribution in [0.3, 0.4) is 0 Å². The Morgan fingerprint density at radius 2 is 1.47 bits per heavy atom. The molecule has 0 aliphatic carbocycles. The van der Waals surface area contributed by atoms with Gasteiger partial charge in [0.1, 0.15) is 24.2 Å². The van der Waals surface area contributed by atoms with Gasteiger partial charge in [-0.15, -0.1) is 0 Å². The van der Waals surface area contributed by atoms with Gasteiger partial charge in [0.05, 0.1) is 0 Å². The molecule has 3 rings (SSSR count). The van der Waals surface area contributed by atoms with Gasteiger partial charge < -0.3 is 38.5 Å². The fourth-order valence-electron chi connectivity index (χ4n) is 3.72. The molecular weight excluding hydrogens is 482 g/mol. The van der Waals surface area contributed by atoms with Gasteiger partial charge >= 0.3 is 29.8 Å². The van der Waals surface area contributed by atoms with E-state index in [1.165, 1.54) is 25.1 Å². The minimum Gasteiger partial charge on any atom is -0.477 e. The van der Waals surface area contributed by atoms with E-state index in [0.717, 1.165) is 20.8 Å². The number of aromatic nitrogens is 1. The Bertz CT molecular complexity index is 1170. The van der Waals surface area contributed by atoms with E-state index in [-0.39, 0.29) is 11.4 Å². The number of carboxylic acids is 1. The van der Waals surface area contributed by atoms with Crippen molar-refractivity contribution in [1.29, 1.82) is 0 Å². The molecule has 0 bridgehead atoms. The van der Waals surface area contributed by atoms with Gasteiger partial charge in [0.25, 0.3) is 0 Å². The van der Waals surface area contributed by atoms with E-state index in [9.17, 15) is 29.1 Å². The van der Waals surface area contributed by atoms with Crippen molar-refractivity contribution in [3.8, 4) is 5.75 Å². The van der Waals surface area contributed by atoms with Crippen molar-refractivity contribution in [2.75, 3.05) is 6.61 Å². The minimum atomic E-state index is -1.40. The number of H-pyrrole nitrogens is 1. The maximum atomic E-state index is 11.9. The summed E-state index contributed by atoms with van der Waals surface area (Å²) in [5.74, 6) is -3.87. The smallest absolute Gasteiger partial charge is 0.352 e. The second kappa shape index (κ2) is 11.1. The molecule has 1 saturated heterocycles. The Labute approximate surface area is 204 Å². The van der Waals surface area contributed by atoms with Crippen LogP contribution in [0.25, 0.3) is 10.9 Å². The monoisotopic (exact) mass is 507 g/mol. The maximum Gasteiger partial charge on any atom is 0.352 e. The van der Waals surface area contributed by atoms with Gasteiger partial charge in [0.15, 0.2) is 12.2 Å². The molecule has 0 amide bonds. The summed E-state index contributed by atoms with van der Waals surface area (Å²) in [7, 11) is 0. The van der Waals surface area contributed by atoms with Gasteiger partial charge in [0.2, 0.25) is 12.4 Å². The zero-order valence-corrected chi connectivity index (χ0v) is 19.8. The van der Waals surface area contributed by atoms with Crippen LogP contribution in [0.2, 0.25) is 0 Å². The standard InChI is InChI=1S/C23H25NO12/c1-10(25)31-9-18-19(32-11(2)26)20(33-12(3)27)21(34-13(4)28)23(36-18)35-15-5-6-16-14(7-15)8-17(24-16)22(29)30/h5-8,18-21,23-24H,9H2,1-4H3,(H,29,30)/t18-,19+,20+,21-,23-/m1/s1. The molecule has 0 spiro atoms. The van der Waals surface area contributed by atoms with Crippen molar-refractivity contribution >= 4 is 40.7 Å². The number of nitrogens with one attached hydrogen (secondary N) is 1. The molecule has 13 nitrogen and oxygen atoms in total. The SMILES string of the molecule is CC(=O)OC[C@H]1O[C@@H](Oc2ccc3[nH]c(C(=O)O)cc3c2)[C@H](OC(C)=O)[C@@H](OC(C)=O)[C@H]1OC(C)=O. The van der Waals surface area contributed by atoms with Crippen LogP contribution < -0.4 is 4.74 Å². The molecule has 0 radical (unpaired) electrons. The molecular formula is C23H25NO12. The lowest BCUT2D eigenvalue weighted by Crippen LogP contribution is -2.63. The topological polar surface area (TPSA) is 177 Å². The zero-order valence-electron chi connectivity index (χ0n) is 19.8. The van der Waals surface area contributed by atoms with Crippen molar-refractivity contribution in [2.24, 2.45) is 0 Å². The predicted molar refractivity (Wildman–Crippen MR) is 118 cm³/mol. The summed E-state index contributed by atoms with van der Waals surface area (Å²) in [6, 6.07) is 6.01. The number of carboxylic acid groups (broad SMARTS) is 1. The first-order valence-electron chi connectivity index (χ1n) is 10.8.